The van der Waals surface area contributed by atoms with Crippen LogP contribution in [0.2, 0.25) is 0 Å². The van der Waals surface area contributed by atoms with E-state index in [1.807, 2.05) is 12.1 Å². The minimum atomic E-state index is -0.0353. The Morgan fingerprint density at radius 3 is 2.09 bits per heavy atom. The second-order valence-corrected chi connectivity index (χ2v) is 5.18. The number of hydrogen-bond acceptors (Lipinski definition) is 5. The SMILES string of the molecule is COc1cc2c(cc1O)-c1c(cc(OC)c(O)c1OC)CC2. The quantitative estimate of drug-likeness (QED) is 0.912. The molecular formula is C17H18O5. The lowest BCUT2D eigenvalue weighted by molar-refractivity contribution is 0.340. The fourth-order valence-electron chi connectivity index (χ4n) is 3.00. The first-order valence-corrected chi connectivity index (χ1v) is 6.97. The van der Waals surface area contributed by atoms with Gasteiger partial charge in [-0.1, -0.05) is 0 Å². The highest BCUT2D eigenvalue weighted by Gasteiger charge is 2.26. The number of aryl methyl sites for hydroxylation is 2. The van der Waals surface area contributed by atoms with E-state index in [2.05, 4.69) is 0 Å². The Kier molecular flexibility index (Phi) is 3.48. The van der Waals surface area contributed by atoms with Gasteiger partial charge in [0.1, 0.15) is 0 Å². The van der Waals surface area contributed by atoms with E-state index < -0.39 is 0 Å². The molecule has 0 bridgehead atoms. The lowest BCUT2D eigenvalue weighted by atomic mass is 9.84. The highest BCUT2D eigenvalue weighted by atomic mass is 16.5. The number of benzene rings is 2. The van der Waals surface area contributed by atoms with Crippen LogP contribution >= 0.6 is 0 Å². The van der Waals surface area contributed by atoms with Crippen LogP contribution in [0.15, 0.2) is 18.2 Å². The summed E-state index contributed by atoms with van der Waals surface area (Å²) in [5, 5.41) is 20.4. The van der Waals surface area contributed by atoms with Gasteiger partial charge in [0.25, 0.3) is 0 Å². The van der Waals surface area contributed by atoms with Crippen molar-refractivity contribution in [3.8, 4) is 39.9 Å². The zero-order valence-corrected chi connectivity index (χ0v) is 12.8. The largest absolute Gasteiger partial charge is 0.504 e. The van der Waals surface area contributed by atoms with Crippen molar-refractivity contribution >= 4 is 0 Å². The molecule has 0 aromatic heterocycles. The van der Waals surface area contributed by atoms with Crippen molar-refractivity contribution in [3.63, 3.8) is 0 Å². The Morgan fingerprint density at radius 1 is 0.818 bits per heavy atom. The molecule has 0 atom stereocenters. The molecule has 116 valence electrons. The van der Waals surface area contributed by atoms with Gasteiger partial charge in [-0.15, -0.1) is 0 Å². The molecule has 1 aliphatic carbocycles. The number of aromatic hydroxyl groups is 2. The molecule has 5 nitrogen and oxygen atoms in total. The molecule has 1 aliphatic rings. The van der Waals surface area contributed by atoms with Gasteiger partial charge >= 0.3 is 0 Å². The molecular weight excluding hydrogens is 284 g/mol. The first kappa shape index (κ1) is 14.4. The summed E-state index contributed by atoms with van der Waals surface area (Å²) >= 11 is 0. The monoisotopic (exact) mass is 302 g/mol. The summed E-state index contributed by atoms with van der Waals surface area (Å²) in [7, 11) is 4.54. The van der Waals surface area contributed by atoms with Crippen LogP contribution in [-0.2, 0) is 12.8 Å². The zero-order chi connectivity index (χ0) is 15.9. The number of methoxy groups -OCH3 is 3. The normalized spacial score (nSPS) is 12.3. The fourth-order valence-corrected chi connectivity index (χ4v) is 3.00. The Bertz CT molecular complexity index is 737. The molecule has 5 heteroatoms. The van der Waals surface area contributed by atoms with Crippen molar-refractivity contribution in [2.75, 3.05) is 21.3 Å². The molecule has 0 spiro atoms. The second-order valence-electron chi connectivity index (χ2n) is 5.18. The third-order valence-corrected chi connectivity index (χ3v) is 4.06. The predicted molar refractivity (Wildman–Crippen MR) is 82.3 cm³/mol. The van der Waals surface area contributed by atoms with Gasteiger partial charge < -0.3 is 24.4 Å². The van der Waals surface area contributed by atoms with E-state index in [0.717, 1.165) is 35.1 Å². The molecule has 2 aromatic carbocycles. The third kappa shape index (κ3) is 2.01. The minimum Gasteiger partial charge on any atom is -0.504 e. The third-order valence-electron chi connectivity index (χ3n) is 4.06. The summed E-state index contributed by atoms with van der Waals surface area (Å²) in [6.07, 6.45) is 1.61. The molecule has 0 unspecified atom stereocenters. The summed E-state index contributed by atoms with van der Waals surface area (Å²) in [6.45, 7) is 0. The van der Waals surface area contributed by atoms with Gasteiger partial charge in [-0.2, -0.15) is 0 Å². The van der Waals surface area contributed by atoms with Crippen LogP contribution in [0.25, 0.3) is 11.1 Å². The van der Waals surface area contributed by atoms with Crippen molar-refractivity contribution in [2.24, 2.45) is 0 Å². The van der Waals surface area contributed by atoms with E-state index in [9.17, 15) is 10.2 Å². The summed E-state index contributed by atoms with van der Waals surface area (Å²) in [6, 6.07) is 5.30. The topological polar surface area (TPSA) is 68.2 Å². The first-order chi connectivity index (χ1) is 10.6. The molecule has 2 aromatic rings. The van der Waals surface area contributed by atoms with Crippen molar-refractivity contribution in [3.05, 3.63) is 29.3 Å². The van der Waals surface area contributed by atoms with E-state index in [1.54, 1.807) is 6.07 Å². The van der Waals surface area contributed by atoms with Crippen LogP contribution in [0.5, 0.6) is 28.7 Å². The summed E-state index contributed by atoms with van der Waals surface area (Å²) in [4.78, 5) is 0. The molecule has 0 aliphatic heterocycles. The maximum Gasteiger partial charge on any atom is 0.201 e. The second kappa shape index (κ2) is 5.33. The van der Waals surface area contributed by atoms with Crippen LogP contribution in [0.4, 0.5) is 0 Å². The minimum absolute atomic E-state index is 0.0353. The average Bonchev–Trinajstić information content (AvgIpc) is 2.53. The fraction of sp³-hybridized carbons (Fsp3) is 0.294. The molecule has 3 rings (SSSR count). The van der Waals surface area contributed by atoms with Crippen molar-refractivity contribution in [1.29, 1.82) is 0 Å². The number of phenols is 2. The Hall–Kier alpha value is -2.56. The maximum atomic E-state index is 10.3. The number of phenolic OH excluding ortho intramolecular Hbond substituents is 2. The van der Waals surface area contributed by atoms with Gasteiger partial charge in [0, 0.05) is 5.56 Å². The molecule has 0 heterocycles. The average molecular weight is 302 g/mol. The molecule has 0 fully saturated rings. The highest BCUT2D eigenvalue weighted by molar-refractivity contribution is 5.84. The highest BCUT2D eigenvalue weighted by Crippen LogP contribution is 2.50. The standard InChI is InChI=1S/C17H18O5/c1-20-13-6-9-4-5-10-7-14(21-2)16(19)17(22-3)15(10)11(9)8-12(13)18/h6-8,18-19H,4-5H2,1-3H3. The lowest BCUT2D eigenvalue weighted by Gasteiger charge is -2.24. The van der Waals surface area contributed by atoms with Crippen LogP contribution < -0.4 is 14.2 Å². The van der Waals surface area contributed by atoms with E-state index in [-0.39, 0.29) is 11.5 Å². The summed E-state index contributed by atoms with van der Waals surface area (Å²) < 4.78 is 15.8. The van der Waals surface area contributed by atoms with Crippen LogP contribution in [0.3, 0.4) is 0 Å². The molecule has 0 radical (unpaired) electrons. The Labute approximate surface area is 128 Å². The molecule has 2 N–H and O–H groups in total. The maximum absolute atomic E-state index is 10.3. The van der Waals surface area contributed by atoms with Crippen LogP contribution in [-0.4, -0.2) is 31.5 Å². The first-order valence-electron chi connectivity index (χ1n) is 6.97. The van der Waals surface area contributed by atoms with Crippen molar-refractivity contribution in [2.45, 2.75) is 12.8 Å². The zero-order valence-electron chi connectivity index (χ0n) is 12.8. The smallest absolute Gasteiger partial charge is 0.201 e. The summed E-state index contributed by atoms with van der Waals surface area (Å²) in [5.41, 5.74) is 3.70. The van der Waals surface area contributed by atoms with Gasteiger partial charge in [0.15, 0.2) is 23.0 Å². The predicted octanol–water partition coefficient (Wildman–Crippen LogP) is 2.89. The van der Waals surface area contributed by atoms with Gasteiger partial charge in [0.2, 0.25) is 5.75 Å². The Balaban J connectivity index is 2.30. The van der Waals surface area contributed by atoms with Gasteiger partial charge in [-0.05, 0) is 47.7 Å². The number of ether oxygens (including phenoxy) is 3. The lowest BCUT2D eigenvalue weighted by Crippen LogP contribution is -2.07. The summed E-state index contributed by atoms with van der Waals surface area (Å²) in [5.74, 6) is 1.22. The van der Waals surface area contributed by atoms with Gasteiger partial charge in [0.05, 0.1) is 21.3 Å². The number of rotatable bonds is 3. The number of hydrogen-bond donors (Lipinski definition) is 2. The van der Waals surface area contributed by atoms with E-state index in [4.69, 9.17) is 14.2 Å². The molecule has 0 saturated carbocycles. The van der Waals surface area contributed by atoms with Gasteiger partial charge in [-0.25, -0.2) is 0 Å². The molecule has 0 saturated heterocycles. The number of fused-ring (bicyclic) bond motifs is 3. The van der Waals surface area contributed by atoms with Gasteiger partial charge in [-0.3, -0.25) is 0 Å². The van der Waals surface area contributed by atoms with E-state index in [1.165, 1.54) is 21.3 Å². The van der Waals surface area contributed by atoms with E-state index in [0.29, 0.717) is 17.2 Å². The van der Waals surface area contributed by atoms with Crippen LogP contribution in [0.1, 0.15) is 11.1 Å². The molecule has 22 heavy (non-hydrogen) atoms. The van der Waals surface area contributed by atoms with E-state index >= 15 is 0 Å². The van der Waals surface area contributed by atoms with Crippen molar-refractivity contribution < 1.29 is 24.4 Å². The Morgan fingerprint density at radius 2 is 1.45 bits per heavy atom. The van der Waals surface area contributed by atoms with Crippen molar-refractivity contribution in [1.82, 2.24) is 0 Å². The van der Waals surface area contributed by atoms with Crippen LogP contribution in [0, 0.1) is 0 Å². The molecule has 0 amide bonds.